The summed E-state index contributed by atoms with van der Waals surface area (Å²) in [5.74, 6) is 0.611. The molecular weight excluding hydrogens is 204 g/mol. The molecule has 1 amide bonds. The molecule has 2 fully saturated rings. The van der Waals surface area contributed by atoms with Crippen molar-refractivity contribution in [3.63, 3.8) is 0 Å². The first-order valence-electron chi connectivity index (χ1n) is 6.40. The van der Waals surface area contributed by atoms with Crippen LogP contribution in [0.3, 0.4) is 0 Å². The van der Waals surface area contributed by atoms with Crippen molar-refractivity contribution in [1.29, 1.82) is 0 Å². The smallest absolute Gasteiger partial charge is 0.249 e. The molecule has 0 bridgehead atoms. The molecule has 2 saturated heterocycles. The van der Waals surface area contributed by atoms with Crippen LogP contribution < -0.4 is 10.6 Å². The zero-order valence-corrected chi connectivity index (χ0v) is 10.00. The third kappa shape index (κ3) is 2.95. The summed E-state index contributed by atoms with van der Waals surface area (Å²) in [7, 11) is 0. The first-order chi connectivity index (χ1) is 7.77. The zero-order chi connectivity index (χ0) is 11.4. The van der Waals surface area contributed by atoms with Crippen molar-refractivity contribution in [2.24, 2.45) is 5.92 Å². The Kier molecular flexibility index (Phi) is 4.18. The number of hydrogen-bond acceptors (Lipinski definition) is 3. The Morgan fingerprint density at radius 3 is 2.94 bits per heavy atom. The number of hydrogen-bond donors (Lipinski definition) is 2. The maximum absolute atomic E-state index is 12.0. The summed E-state index contributed by atoms with van der Waals surface area (Å²) in [6, 6.07) is 0.319. The highest BCUT2D eigenvalue weighted by Gasteiger charge is 2.27. The van der Waals surface area contributed by atoms with Crippen molar-refractivity contribution < 1.29 is 9.53 Å². The zero-order valence-electron chi connectivity index (χ0n) is 10.00. The van der Waals surface area contributed by atoms with Crippen LogP contribution in [0.4, 0.5) is 0 Å². The second-order valence-corrected chi connectivity index (χ2v) is 4.94. The molecule has 2 N–H and O–H groups in total. The molecule has 2 aliphatic heterocycles. The molecule has 16 heavy (non-hydrogen) atoms. The molecule has 92 valence electrons. The van der Waals surface area contributed by atoms with E-state index in [1.807, 2.05) is 0 Å². The molecule has 2 heterocycles. The molecule has 3 atom stereocenters. The monoisotopic (exact) mass is 226 g/mol. The van der Waals surface area contributed by atoms with E-state index in [0.29, 0.717) is 12.0 Å². The van der Waals surface area contributed by atoms with E-state index in [0.717, 1.165) is 45.4 Å². The Labute approximate surface area is 97.1 Å². The van der Waals surface area contributed by atoms with Gasteiger partial charge >= 0.3 is 0 Å². The Hall–Kier alpha value is -0.610. The molecule has 4 nitrogen and oxygen atoms in total. The number of carbonyl (C=O) groups is 1. The van der Waals surface area contributed by atoms with Crippen molar-refractivity contribution in [3.05, 3.63) is 0 Å². The molecule has 0 radical (unpaired) electrons. The van der Waals surface area contributed by atoms with Gasteiger partial charge in [0.1, 0.15) is 6.10 Å². The molecule has 0 aliphatic carbocycles. The number of amides is 1. The van der Waals surface area contributed by atoms with E-state index in [1.165, 1.54) is 0 Å². The van der Waals surface area contributed by atoms with Gasteiger partial charge in [0, 0.05) is 12.6 Å². The van der Waals surface area contributed by atoms with Crippen LogP contribution in [0.5, 0.6) is 0 Å². The Balaban J connectivity index is 1.80. The van der Waals surface area contributed by atoms with Gasteiger partial charge in [-0.15, -0.1) is 0 Å². The van der Waals surface area contributed by atoms with Gasteiger partial charge in [-0.3, -0.25) is 4.79 Å². The second kappa shape index (κ2) is 5.64. The second-order valence-electron chi connectivity index (χ2n) is 4.94. The highest BCUT2D eigenvalue weighted by atomic mass is 16.5. The lowest BCUT2D eigenvalue weighted by molar-refractivity contribution is -0.136. The molecular formula is C12H22N2O2. The summed E-state index contributed by atoms with van der Waals surface area (Å²) < 4.78 is 5.49. The van der Waals surface area contributed by atoms with Crippen LogP contribution in [0.2, 0.25) is 0 Å². The van der Waals surface area contributed by atoms with Crippen LogP contribution in [0.15, 0.2) is 0 Å². The van der Waals surface area contributed by atoms with Gasteiger partial charge < -0.3 is 15.4 Å². The van der Waals surface area contributed by atoms with E-state index < -0.39 is 0 Å². The third-order valence-electron chi connectivity index (χ3n) is 3.59. The average Bonchev–Trinajstić information content (AvgIpc) is 2.33. The van der Waals surface area contributed by atoms with Gasteiger partial charge in [0.25, 0.3) is 0 Å². The van der Waals surface area contributed by atoms with Crippen molar-refractivity contribution >= 4 is 5.91 Å². The molecule has 3 unspecified atom stereocenters. The van der Waals surface area contributed by atoms with Crippen LogP contribution >= 0.6 is 0 Å². The summed E-state index contributed by atoms with van der Waals surface area (Å²) in [5.41, 5.74) is 0. The minimum Gasteiger partial charge on any atom is -0.368 e. The fourth-order valence-electron chi connectivity index (χ4n) is 2.45. The quantitative estimate of drug-likeness (QED) is 0.727. The molecule has 0 spiro atoms. The minimum atomic E-state index is -0.198. The van der Waals surface area contributed by atoms with Crippen molar-refractivity contribution in [1.82, 2.24) is 10.6 Å². The number of carbonyl (C=O) groups excluding carboxylic acids is 1. The van der Waals surface area contributed by atoms with Crippen molar-refractivity contribution in [2.75, 3.05) is 19.7 Å². The summed E-state index contributed by atoms with van der Waals surface area (Å²) >= 11 is 0. The Bertz CT molecular complexity index is 239. The Morgan fingerprint density at radius 1 is 1.38 bits per heavy atom. The third-order valence-corrected chi connectivity index (χ3v) is 3.59. The molecule has 2 aliphatic rings. The van der Waals surface area contributed by atoms with Gasteiger partial charge in [-0.25, -0.2) is 0 Å². The van der Waals surface area contributed by atoms with Crippen molar-refractivity contribution in [3.8, 4) is 0 Å². The Morgan fingerprint density at radius 2 is 2.25 bits per heavy atom. The number of nitrogens with one attached hydrogen (secondary N) is 2. The van der Waals surface area contributed by atoms with E-state index in [2.05, 4.69) is 17.6 Å². The molecule has 2 rings (SSSR count). The lowest BCUT2D eigenvalue weighted by atomic mass is 9.95. The summed E-state index contributed by atoms with van der Waals surface area (Å²) in [4.78, 5) is 12.0. The fourth-order valence-corrected chi connectivity index (χ4v) is 2.45. The summed E-state index contributed by atoms with van der Waals surface area (Å²) in [6.07, 6.45) is 3.91. The SMILES string of the molecule is CC1CNCCC1NC(=O)C1CCCCO1. The van der Waals surface area contributed by atoms with Crippen LogP contribution in [-0.4, -0.2) is 37.7 Å². The van der Waals surface area contributed by atoms with Crippen molar-refractivity contribution in [2.45, 2.75) is 44.8 Å². The first kappa shape index (κ1) is 11.9. The summed E-state index contributed by atoms with van der Waals surface area (Å²) in [5, 5.41) is 6.47. The lowest BCUT2D eigenvalue weighted by Crippen LogP contribution is -2.51. The highest BCUT2D eigenvalue weighted by Crippen LogP contribution is 2.15. The van der Waals surface area contributed by atoms with Crippen LogP contribution in [0.25, 0.3) is 0 Å². The maximum Gasteiger partial charge on any atom is 0.249 e. The van der Waals surface area contributed by atoms with Crippen LogP contribution in [0.1, 0.15) is 32.6 Å². The van der Waals surface area contributed by atoms with E-state index in [1.54, 1.807) is 0 Å². The number of piperidine rings is 1. The predicted molar refractivity (Wildman–Crippen MR) is 62.2 cm³/mol. The molecule has 0 aromatic carbocycles. The van der Waals surface area contributed by atoms with Crippen LogP contribution in [-0.2, 0) is 9.53 Å². The predicted octanol–water partition coefficient (Wildman–Crippen LogP) is 0.670. The fraction of sp³-hybridized carbons (Fsp3) is 0.917. The first-order valence-corrected chi connectivity index (χ1v) is 6.40. The molecule has 0 aromatic rings. The minimum absolute atomic E-state index is 0.0958. The molecule has 4 heteroatoms. The van der Waals surface area contributed by atoms with Gasteiger partial charge in [-0.2, -0.15) is 0 Å². The van der Waals surface area contributed by atoms with Gasteiger partial charge in [0.2, 0.25) is 5.91 Å². The van der Waals surface area contributed by atoms with E-state index >= 15 is 0 Å². The molecule has 0 saturated carbocycles. The average molecular weight is 226 g/mol. The summed E-state index contributed by atoms with van der Waals surface area (Å²) in [6.45, 7) is 4.91. The van der Waals surface area contributed by atoms with Crippen LogP contribution in [0, 0.1) is 5.92 Å². The van der Waals surface area contributed by atoms with Gasteiger partial charge in [-0.05, 0) is 44.7 Å². The number of ether oxygens (including phenoxy) is 1. The van der Waals surface area contributed by atoms with Gasteiger partial charge in [-0.1, -0.05) is 6.92 Å². The van der Waals surface area contributed by atoms with E-state index in [4.69, 9.17) is 4.74 Å². The highest BCUT2D eigenvalue weighted by molar-refractivity contribution is 5.81. The molecule has 0 aromatic heterocycles. The number of rotatable bonds is 2. The normalized spacial score (nSPS) is 35.7. The van der Waals surface area contributed by atoms with E-state index in [-0.39, 0.29) is 12.0 Å². The van der Waals surface area contributed by atoms with Gasteiger partial charge in [0.15, 0.2) is 0 Å². The maximum atomic E-state index is 12.0. The topological polar surface area (TPSA) is 50.4 Å². The van der Waals surface area contributed by atoms with E-state index in [9.17, 15) is 4.79 Å². The standard InChI is InChI=1S/C12H22N2O2/c1-9-8-13-6-5-10(9)14-12(15)11-4-2-3-7-16-11/h9-11,13H,2-8H2,1H3,(H,14,15). The van der Waals surface area contributed by atoms with Gasteiger partial charge in [0.05, 0.1) is 0 Å². The lowest BCUT2D eigenvalue weighted by Gasteiger charge is -2.32. The largest absolute Gasteiger partial charge is 0.368 e.